The molecule has 0 bridgehead atoms. The molecule has 2 rings (SSSR count). The fourth-order valence-corrected chi connectivity index (χ4v) is 2.73. The number of carboxylic acid groups (broad SMARTS) is 1. The molecule has 130 valence electrons. The van der Waals surface area contributed by atoms with Crippen LogP contribution in [0.2, 0.25) is 0 Å². The van der Waals surface area contributed by atoms with Crippen molar-refractivity contribution in [3.8, 4) is 0 Å². The molecule has 2 N–H and O–H groups in total. The first-order valence-corrected chi connectivity index (χ1v) is 8.14. The topological polar surface area (TPSA) is 83.5 Å². The number of benzene rings is 2. The maximum Gasteiger partial charge on any atom is 0.405 e. The molecule has 5 heteroatoms. The summed E-state index contributed by atoms with van der Waals surface area (Å²) < 4.78 is 0. The minimum atomic E-state index is -1.25. The van der Waals surface area contributed by atoms with E-state index in [2.05, 4.69) is 5.32 Å². The minimum absolute atomic E-state index is 0.0101. The molecule has 2 aromatic rings. The molecule has 0 heterocycles. The number of carbonyl (C=O) groups excluding carboxylic acids is 2. The molecule has 2 atom stereocenters. The van der Waals surface area contributed by atoms with Gasteiger partial charge in [-0.1, -0.05) is 60.7 Å². The van der Waals surface area contributed by atoms with E-state index < -0.39 is 18.1 Å². The molecule has 0 spiro atoms. The number of aldehydes is 1. The van der Waals surface area contributed by atoms with E-state index in [-0.39, 0.29) is 18.6 Å². The number of amides is 1. The maximum atomic E-state index is 12.6. The van der Waals surface area contributed by atoms with Crippen molar-refractivity contribution in [1.29, 1.82) is 0 Å². The van der Waals surface area contributed by atoms with E-state index in [1.54, 1.807) is 0 Å². The Kier molecular flexibility index (Phi) is 6.89. The molecule has 0 saturated heterocycles. The second-order valence-electron chi connectivity index (χ2n) is 5.95. The third-order valence-electron chi connectivity index (χ3n) is 3.97. The van der Waals surface area contributed by atoms with Crippen molar-refractivity contribution < 1.29 is 19.5 Å². The highest BCUT2D eigenvalue weighted by molar-refractivity contribution is 5.89. The lowest BCUT2D eigenvalue weighted by Gasteiger charge is -2.18. The van der Waals surface area contributed by atoms with Gasteiger partial charge >= 0.3 is 6.09 Å². The number of Topliss-reactive ketones (excluding diaryl/α,β-unsaturated/α-hetero) is 1. The molecule has 1 amide bonds. The fraction of sp³-hybridized carbons (Fsp3) is 0.250. The van der Waals surface area contributed by atoms with E-state index in [4.69, 9.17) is 5.11 Å². The van der Waals surface area contributed by atoms with E-state index in [1.165, 1.54) is 0 Å². The summed E-state index contributed by atoms with van der Waals surface area (Å²) in [4.78, 5) is 34.9. The van der Waals surface area contributed by atoms with Gasteiger partial charge in [0.1, 0.15) is 6.29 Å². The predicted molar refractivity (Wildman–Crippen MR) is 94.4 cm³/mol. The summed E-state index contributed by atoms with van der Waals surface area (Å²) in [6, 6.07) is 17.8. The first-order chi connectivity index (χ1) is 12.1. The second-order valence-corrected chi connectivity index (χ2v) is 5.95. The summed E-state index contributed by atoms with van der Waals surface area (Å²) in [6.45, 7) is 0. The Balaban J connectivity index is 2.04. The molecule has 0 aliphatic carbocycles. The van der Waals surface area contributed by atoms with Gasteiger partial charge in [-0.25, -0.2) is 4.79 Å². The van der Waals surface area contributed by atoms with Crippen molar-refractivity contribution in [2.45, 2.75) is 25.3 Å². The van der Waals surface area contributed by atoms with Crippen LogP contribution in [0.25, 0.3) is 0 Å². The molecule has 0 fully saturated rings. The Labute approximate surface area is 146 Å². The summed E-state index contributed by atoms with van der Waals surface area (Å²) in [7, 11) is 0. The highest BCUT2D eigenvalue weighted by Crippen LogP contribution is 2.14. The van der Waals surface area contributed by atoms with Crippen LogP contribution >= 0.6 is 0 Å². The molecule has 0 radical (unpaired) electrons. The van der Waals surface area contributed by atoms with Crippen LogP contribution in [0.5, 0.6) is 0 Å². The monoisotopic (exact) mass is 339 g/mol. The molecule has 25 heavy (non-hydrogen) atoms. The standard InChI is InChI=1S/C20H21NO4/c22-14-17(11-15-7-3-1-4-8-15)13-19(23)18(21-20(24)25)12-16-9-5-2-6-10-16/h1-10,14,17-18,21H,11-13H2,(H,24,25). The zero-order chi connectivity index (χ0) is 18.1. The van der Waals surface area contributed by atoms with Crippen LogP contribution in [-0.4, -0.2) is 29.3 Å². The molecule has 0 aromatic heterocycles. The van der Waals surface area contributed by atoms with Crippen molar-refractivity contribution in [1.82, 2.24) is 5.32 Å². The Morgan fingerprint density at radius 2 is 1.44 bits per heavy atom. The first-order valence-electron chi connectivity index (χ1n) is 8.14. The Hall–Kier alpha value is -2.95. The quantitative estimate of drug-likeness (QED) is 0.688. The van der Waals surface area contributed by atoms with Crippen molar-refractivity contribution in [2.75, 3.05) is 0 Å². The lowest BCUT2D eigenvalue weighted by Crippen LogP contribution is -2.42. The smallest absolute Gasteiger partial charge is 0.405 e. The Bertz CT molecular complexity index is 700. The number of hydrogen-bond acceptors (Lipinski definition) is 3. The molecule has 2 unspecified atom stereocenters. The molecule has 0 saturated carbocycles. The van der Waals surface area contributed by atoms with Crippen LogP contribution in [0.15, 0.2) is 60.7 Å². The number of ketones is 1. The number of carbonyl (C=O) groups is 3. The van der Waals surface area contributed by atoms with Gasteiger partial charge in [-0.05, 0) is 24.0 Å². The van der Waals surface area contributed by atoms with Crippen LogP contribution in [0, 0.1) is 5.92 Å². The maximum absolute atomic E-state index is 12.6. The number of rotatable bonds is 9. The van der Waals surface area contributed by atoms with E-state index in [1.807, 2.05) is 60.7 Å². The summed E-state index contributed by atoms with van der Waals surface area (Å²) in [6.07, 6.45) is 0.255. The summed E-state index contributed by atoms with van der Waals surface area (Å²) in [5, 5.41) is 11.3. The van der Waals surface area contributed by atoms with Crippen molar-refractivity contribution in [3.05, 3.63) is 71.8 Å². The average molecular weight is 339 g/mol. The lowest BCUT2D eigenvalue weighted by molar-refractivity contribution is -0.124. The molecule has 2 aromatic carbocycles. The van der Waals surface area contributed by atoms with Crippen LogP contribution < -0.4 is 5.32 Å². The summed E-state index contributed by atoms with van der Waals surface area (Å²) >= 11 is 0. The predicted octanol–water partition coefficient (Wildman–Crippen LogP) is 2.88. The van der Waals surface area contributed by atoms with Crippen molar-refractivity contribution >= 4 is 18.2 Å². The highest BCUT2D eigenvalue weighted by atomic mass is 16.4. The largest absolute Gasteiger partial charge is 0.465 e. The average Bonchev–Trinajstić information content (AvgIpc) is 2.62. The van der Waals surface area contributed by atoms with E-state index in [0.717, 1.165) is 17.4 Å². The van der Waals surface area contributed by atoms with Crippen LogP contribution in [-0.2, 0) is 22.4 Å². The van der Waals surface area contributed by atoms with Gasteiger partial charge in [-0.2, -0.15) is 0 Å². The van der Waals surface area contributed by atoms with Gasteiger partial charge in [-0.15, -0.1) is 0 Å². The Morgan fingerprint density at radius 3 is 1.92 bits per heavy atom. The van der Waals surface area contributed by atoms with Crippen LogP contribution in [0.4, 0.5) is 4.79 Å². The second kappa shape index (κ2) is 9.37. The zero-order valence-corrected chi connectivity index (χ0v) is 13.8. The highest BCUT2D eigenvalue weighted by Gasteiger charge is 2.24. The Morgan fingerprint density at radius 1 is 0.920 bits per heavy atom. The van der Waals surface area contributed by atoms with Gasteiger partial charge in [0.15, 0.2) is 5.78 Å². The summed E-state index contributed by atoms with van der Waals surface area (Å²) in [5.74, 6) is -0.747. The van der Waals surface area contributed by atoms with Gasteiger partial charge in [0.05, 0.1) is 6.04 Å². The van der Waals surface area contributed by atoms with Crippen molar-refractivity contribution in [2.24, 2.45) is 5.92 Å². The third kappa shape index (κ3) is 6.22. The lowest BCUT2D eigenvalue weighted by atomic mass is 9.91. The SMILES string of the molecule is O=CC(CC(=O)C(Cc1ccccc1)NC(=O)O)Cc1ccccc1. The summed E-state index contributed by atoms with van der Waals surface area (Å²) in [5.41, 5.74) is 1.83. The van der Waals surface area contributed by atoms with Gasteiger partial charge in [0, 0.05) is 12.3 Å². The molecule has 5 nitrogen and oxygen atoms in total. The molecular formula is C20H21NO4. The first kappa shape index (κ1) is 18.4. The minimum Gasteiger partial charge on any atom is -0.465 e. The van der Waals surface area contributed by atoms with E-state index >= 15 is 0 Å². The molecular weight excluding hydrogens is 318 g/mol. The molecule has 0 aliphatic rings. The van der Waals surface area contributed by atoms with E-state index in [9.17, 15) is 14.4 Å². The van der Waals surface area contributed by atoms with E-state index in [0.29, 0.717) is 6.42 Å². The third-order valence-corrected chi connectivity index (χ3v) is 3.97. The fourth-order valence-electron chi connectivity index (χ4n) is 2.73. The van der Waals surface area contributed by atoms with Crippen LogP contribution in [0.3, 0.4) is 0 Å². The van der Waals surface area contributed by atoms with Gasteiger partial charge < -0.3 is 15.2 Å². The van der Waals surface area contributed by atoms with Gasteiger partial charge in [0.25, 0.3) is 0 Å². The normalized spacial score (nSPS) is 12.8. The van der Waals surface area contributed by atoms with Crippen LogP contribution in [0.1, 0.15) is 17.5 Å². The zero-order valence-electron chi connectivity index (χ0n) is 13.8. The number of hydrogen-bond donors (Lipinski definition) is 2. The number of nitrogens with one attached hydrogen (secondary N) is 1. The van der Waals surface area contributed by atoms with Gasteiger partial charge in [0.2, 0.25) is 0 Å². The van der Waals surface area contributed by atoms with Crippen molar-refractivity contribution in [3.63, 3.8) is 0 Å². The molecule has 0 aliphatic heterocycles. The van der Waals surface area contributed by atoms with Gasteiger partial charge in [-0.3, -0.25) is 4.79 Å².